The van der Waals surface area contributed by atoms with Crippen LogP contribution in [-0.2, 0) is 4.74 Å². The predicted octanol–water partition coefficient (Wildman–Crippen LogP) is 0.299. The van der Waals surface area contributed by atoms with Gasteiger partial charge < -0.3 is 9.64 Å². The molecular formula is C15H16ClN3O2. The maximum absolute atomic E-state index is 12.5. The zero-order valence-electron chi connectivity index (χ0n) is 11.5. The number of morpholine rings is 1. The molecular weight excluding hydrogens is 290 g/mol. The molecule has 0 atom stereocenters. The van der Waals surface area contributed by atoms with Crippen molar-refractivity contribution < 1.29 is 4.74 Å². The molecule has 1 N–H and O–H groups in total. The minimum absolute atomic E-state index is 0.117. The second-order valence-corrected chi connectivity index (χ2v) is 5.33. The van der Waals surface area contributed by atoms with Crippen molar-refractivity contribution in [1.82, 2.24) is 14.7 Å². The fraction of sp³-hybridized carbons (Fsp3) is 0.267. The normalized spacial score (nSPS) is 16.4. The van der Waals surface area contributed by atoms with Gasteiger partial charge in [-0.2, -0.15) is 0 Å². The van der Waals surface area contributed by atoms with Crippen molar-refractivity contribution in [3.8, 4) is 5.69 Å². The van der Waals surface area contributed by atoms with Crippen molar-refractivity contribution in [2.45, 2.75) is 0 Å². The van der Waals surface area contributed by atoms with E-state index in [-0.39, 0.29) is 5.56 Å². The van der Waals surface area contributed by atoms with E-state index < -0.39 is 0 Å². The first-order chi connectivity index (χ1) is 10.1. The van der Waals surface area contributed by atoms with Crippen LogP contribution < -0.4 is 16.1 Å². The molecule has 1 aromatic carbocycles. The molecule has 110 valence electrons. The standard InChI is InChI=1S/C15H16ClN3O2/c1-11-14(10-18-6-8-21-9-7-18)15(20)19(17-11)13-4-2-12(16)3-5-13/h2-5,10,17H,1,6-9H2. The Morgan fingerprint density at radius 2 is 1.90 bits per heavy atom. The van der Waals surface area contributed by atoms with E-state index in [2.05, 4.69) is 16.6 Å². The number of hydrogen-bond donors (Lipinski definition) is 1. The molecule has 3 rings (SSSR count). The number of aromatic nitrogens is 2. The van der Waals surface area contributed by atoms with Gasteiger partial charge in [-0.05, 0) is 24.3 Å². The molecule has 21 heavy (non-hydrogen) atoms. The molecule has 0 unspecified atom stereocenters. The molecule has 0 radical (unpaired) electrons. The van der Waals surface area contributed by atoms with Gasteiger partial charge in [0.1, 0.15) is 0 Å². The molecule has 1 fully saturated rings. The summed E-state index contributed by atoms with van der Waals surface area (Å²) < 4.78 is 6.78. The first-order valence-electron chi connectivity index (χ1n) is 6.75. The summed E-state index contributed by atoms with van der Waals surface area (Å²) in [7, 11) is 0. The molecule has 1 aromatic heterocycles. The summed E-state index contributed by atoms with van der Waals surface area (Å²) in [5.41, 5.74) is 0.616. The highest BCUT2D eigenvalue weighted by atomic mass is 35.5. The SMILES string of the molecule is C=c1[nH]n(-c2ccc(Cl)cc2)c(=O)c1=CN1CCOCC1. The molecule has 1 aliphatic heterocycles. The first-order valence-corrected chi connectivity index (χ1v) is 7.12. The lowest BCUT2D eigenvalue weighted by Crippen LogP contribution is -2.40. The quantitative estimate of drug-likeness (QED) is 0.868. The van der Waals surface area contributed by atoms with E-state index in [4.69, 9.17) is 16.3 Å². The van der Waals surface area contributed by atoms with E-state index in [0.717, 1.165) is 18.8 Å². The monoisotopic (exact) mass is 305 g/mol. The number of nitrogens with one attached hydrogen (secondary N) is 1. The van der Waals surface area contributed by atoms with Crippen molar-refractivity contribution in [2.75, 3.05) is 26.3 Å². The first kappa shape index (κ1) is 14.0. The minimum atomic E-state index is -0.117. The Kier molecular flexibility index (Phi) is 3.86. The molecule has 2 heterocycles. The van der Waals surface area contributed by atoms with Crippen LogP contribution in [-0.4, -0.2) is 41.0 Å². The van der Waals surface area contributed by atoms with Crippen molar-refractivity contribution in [3.05, 3.63) is 50.2 Å². The van der Waals surface area contributed by atoms with Crippen LogP contribution >= 0.6 is 11.6 Å². The Hall–Kier alpha value is -1.98. The lowest BCUT2D eigenvalue weighted by atomic mass is 10.3. The number of ether oxygens (including phenoxy) is 1. The average molecular weight is 306 g/mol. The third-order valence-electron chi connectivity index (χ3n) is 3.45. The molecule has 0 spiro atoms. The summed E-state index contributed by atoms with van der Waals surface area (Å²) in [5, 5.41) is 4.81. The minimum Gasteiger partial charge on any atom is -0.378 e. The third kappa shape index (κ3) is 2.89. The third-order valence-corrected chi connectivity index (χ3v) is 3.70. The Labute approximate surface area is 126 Å². The van der Waals surface area contributed by atoms with Crippen molar-refractivity contribution in [2.24, 2.45) is 0 Å². The maximum atomic E-state index is 12.5. The van der Waals surface area contributed by atoms with Gasteiger partial charge in [0.25, 0.3) is 5.56 Å². The fourth-order valence-corrected chi connectivity index (χ4v) is 2.42. The van der Waals surface area contributed by atoms with Gasteiger partial charge in [-0.15, -0.1) is 0 Å². The van der Waals surface area contributed by atoms with Crippen LogP contribution in [0.1, 0.15) is 0 Å². The van der Waals surface area contributed by atoms with Crippen molar-refractivity contribution in [3.63, 3.8) is 0 Å². The maximum Gasteiger partial charge on any atom is 0.280 e. The van der Waals surface area contributed by atoms with Crippen LogP contribution in [0.4, 0.5) is 0 Å². The van der Waals surface area contributed by atoms with Crippen LogP contribution in [0.15, 0.2) is 29.1 Å². The topological polar surface area (TPSA) is 50.3 Å². The smallest absolute Gasteiger partial charge is 0.280 e. The molecule has 5 nitrogen and oxygen atoms in total. The van der Waals surface area contributed by atoms with E-state index in [9.17, 15) is 4.79 Å². The fourth-order valence-electron chi connectivity index (χ4n) is 2.29. The molecule has 0 aliphatic carbocycles. The van der Waals surface area contributed by atoms with Gasteiger partial charge >= 0.3 is 0 Å². The van der Waals surface area contributed by atoms with Crippen LogP contribution in [0.3, 0.4) is 0 Å². The summed E-state index contributed by atoms with van der Waals surface area (Å²) in [4.78, 5) is 14.6. The summed E-state index contributed by atoms with van der Waals surface area (Å²) in [6.07, 6.45) is 1.86. The van der Waals surface area contributed by atoms with E-state index in [1.54, 1.807) is 24.3 Å². The number of halogens is 1. The second kappa shape index (κ2) is 5.79. The molecule has 0 saturated carbocycles. The number of H-pyrrole nitrogens is 1. The summed E-state index contributed by atoms with van der Waals surface area (Å²) in [6.45, 7) is 6.84. The van der Waals surface area contributed by atoms with Gasteiger partial charge in [0.05, 0.1) is 29.5 Å². The molecule has 2 aromatic rings. The van der Waals surface area contributed by atoms with Gasteiger partial charge in [-0.1, -0.05) is 18.2 Å². The molecule has 1 saturated heterocycles. The van der Waals surface area contributed by atoms with Crippen LogP contribution in [0.25, 0.3) is 18.5 Å². The molecule has 6 heteroatoms. The van der Waals surface area contributed by atoms with Crippen LogP contribution in [0.2, 0.25) is 5.02 Å². The van der Waals surface area contributed by atoms with E-state index in [0.29, 0.717) is 28.8 Å². The number of aromatic amines is 1. The number of rotatable bonds is 2. The van der Waals surface area contributed by atoms with Gasteiger partial charge in [0.15, 0.2) is 0 Å². The average Bonchev–Trinajstić information content (AvgIpc) is 2.77. The number of nitrogens with zero attached hydrogens (tertiary/aromatic N) is 2. The number of hydrogen-bond acceptors (Lipinski definition) is 3. The Bertz CT molecular complexity index is 786. The summed E-state index contributed by atoms with van der Waals surface area (Å²) in [5.74, 6) is 0. The van der Waals surface area contributed by atoms with E-state index >= 15 is 0 Å². The largest absolute Gasteiger partial charge is 0.378 e. The Balaban J connectivity index is 2.04. The molecule has 1 aliphatic rings. The zero-order chi connectivity index (χ0) is 14.8. The highest BCUT2D eigenvalue weighted by molar-refractivity contribution is 6.30. The highest BCUT2D eigenvalue weighted by Crippen LogP contribution is 2.10. The second-order valence-electron chi connectivity index (χ2n) is 4.90. The molecule has 0 amide bonds. The van der Waals surface area contributed by atoms with E-state index in [1.165, 1.54) is 4.68 Å². The van der Waals surface area contributed by atoms with Gasteiger partial charge in [0, 0.05) is 24.3 Å². The van der Waals surface area contributed by atoms with Gasteiger partial charge in [-0.3, -0.25) is 9.89 Å². The molecule has 0 bridgehead atoms. The van der Waals surface area contributed by atoms with Crippen LogP contribution in [0, 0.1) is 0 Å². The van der Waals surface area contributed by atoms with Crippen LogP contribution in [0.5, 0.6) is 0 Å². The lowest BCUT2D eigenvalue weighted by molar-refractivity contribution is 0.0662. The van der Waals surface area contributed by atoms with Gasteiger partial charge in [0.2, 0.25) is 0 Å². The Morgan fingerprint density at radius 1 is 1.24 bits per heavy atom. The van der Waals surface area contributed by atoms with E-state index in [1.807, 2.05) is 6.20 Å². The van der Waals surface area contributed by atoms with Crippen molar-refractivity contribution >= 4 is 24.4 Å². The lowest BCUT2D eigenvalue weighted by Gasteiger charge is -2.24. The summed E-state index contributed by atoms with van der Waals surface area (Å²) >= 11 is 5.87. The van der Waals surface area contributed by atoms with Crippen molar-refractivity contribution in [1.29, 1.82) is 0 Å². The number of benzene rings is 1. The zero-order valence-corrected chi connectivity index (χ0v) is 12.3. The predicted molar refractivity (Wildman–Crippen MR) is 83.0 cm³/mol. The summed E-state index contributed by atoms with van der Waals surface area (Å²) in [6, 6.07) is 7.08. The van der Waals surface area contributed by atoms with Gasteiger partial charge in [-0.25, -0.2) is 4.68 Å². The Morgan fingerprint density at radius 3 is 2.57 bits per heavy atom. The highest BCUT2D eigenvalue weighted by Gasteiger charge is 2.09.